The summed E-state index contributed by atoms with van der Waals surface area (Å²) in [7, 11) is 1.60. The van der Waals surface area contributed by atoms with Crippen molar-refractivity contribution in [2.75, 3.05) is 51.3 Å². The first kappa shape index (κ1) is 20.8. The van der Waals surface area contributed by atoms with Crippen LogP contribution in [0.2, 0.25) is 0 Å². The number of hydrogen-bond donors (Lipinski definition) is 0. The molecule has 4 aliphatic heterocycles. The van der Waals surface area contributed by atoms with Gasteiger partial charge in [-0.15, -0.1) is 0 Å². The van der Waals surface area contributed by atoms with Gasteiger partial charge in [0, 0.05) is 31.9 Å². The molecule has 1 spiro atoms. The summed E-state index contributed by atoms with van der Waals surface area (Å²) in [5, 5.41) is 0. The van der Waals surface area contributed by atoms with Gasteiger partial charge < -0.3 is 28.9 Å². The highest BCUT2D eigenvalue weighted by Crippen LogP contribution is 2.53. The van der Waals surface area contributed by atoms with E-state index < -0.39 is 23.5 Å². The molecule has 4 atom stereocenters. The third-order valence-electron chi connectivity index (χ3n) is 6.89. The molecule has 1 aromatic carbocycles. The molecule has 9 heteroatoms. The van der Waals surface area contributed by atoms with Crippen molar-refractivity contribution in [3.63, 3.8) is 0 Å². The van der Waals surface area contributed by atoms with Crippen molar-refractivity contribution in [2.24, 2.45) is 11.8 Å². The molecule has 3 saturated heterocycles. The maximum absolute atomic E-state index is 13.5. The van der Waals surface area contributed by atoms with E-state index in [2.05, 4.69) is 0 Å². The number of methoxy groups -OCH3 is 1. The maximum Gasteiger partial charge on any atom is 0.409 e. The number of nitrogens with zero attached hydrogens (tertiary/aromatic N) is 3. The molecule has 9 nitrogen and oxygen atoms in total. The van der Waals surface area contributed by atoms with Crippen LogP contribution in [0.3, 0.4) is 0 Å². The lowest BCUT2D eigenvalue weighted by molar-refractivity contribution is -0.141. The summed E-state index contributed by atoms with van der Waals surface area (Å²) in [6.45, 7) is 4.14. The monoisotopic (exact) mass is 441 g/mol. The van der Waals surface area contributed by atoms with Gasteiger partial charge in [-0.1, -0.05) is 12.2 Å². The van der Waals surface area contributed by atoms with Crippen molar-refractivity contribution in [3.8, 4) is 5.75 Å². The van der Waals surface area contributed by atoms with Crippen LogP contribution in [0.5, 0.6) is 5.75 Å². The number of hydrogen-bond acceptors (Lipinski definition) is 6. The molecule has 0 saturated carbocycles. The van der Waals surface area contributed by atoms with Crippen molar-refractivity contribution >= 4 is 23.6 Å². The van der Waals surface area contributed by atoms with E-state index in [1.54, 1.807) is 28.7 Å². The van der Waals surface area contributed by atoms with Crippen molar-refractivity contribution < 1.29 is 28.6 Å². The van der Waals surface area contributed by atoms with Gasteiger partial charge in [0.15, 0.2) is 0 Å². The van der Waals surface area contributed by atoms with Gasteiger partial charge >= 0.3 is 6.09 Å². The number of benzene rings is 1. The summed E-state index contributed by atoms with van der Waals surface area (Å²) in [4.78, 5) is 44.0. The minimum Gasteiger partial charge on any atom is -0.497 e. The van der Waals surface area contributed by atoms with E-state index in [0.717, 1.165) is 5.69 Å². The summed E-state index contributed by atoms with van der Waals surface area (Å²) in [6, 6.07) is 7.31. The van der Waals surface area contributed by atoms with E-state index in [0.29, 0.717) is 45.1 Å². The van der Waals surface area contributed by atoms with E-state index in [4.69, 9.17) is 14.2 Å². The Labute approximate surface area is 186 Å². The largest absolute Gasteiger partial charge is 0.497 e. The third kappa shape index (κ3) is 3.14. The highest BCUT2D eigenvalue weighted by molar-refractivity contribution is 6.03. The number of fused-ring (bicyclic) bond motifs is 1. The maximum atomic E-state index is 13.5. The average Bonchev–Trinajstić information content (AvgIpc) is 3.47. The van der Waals surface area contributed by atoms with Crippen LogP contribution in [0.15, 0.2) is 36.4 Å². The zero-order chi connectivity index (χ0) is 22.5. The molecule has 4 heterocycles. The zero-order valence-electron chi connectivity index (χ0n) is 18.2. The highest BCUT2D eigenvalue weighted by Gasteiger charge is 2.67. The molecule has 0 N–H and O–H groups in total. The second-order valence-electron chi connectivity index (χ2n) is 8.53. The molecular formula is C23H27N3O6. The molecular weight excluding hydrogens is 414 g/mol. The molecule has 1 aromatic rings. The fourth-order valence-corrected chi connectivity index (χ4v) is 5.30. The van der Waals surface area contributed by atoms with Gasteiger partial charge in [0.2, 0.25) is 11.8 Å². The summed E-state index contributed by atoms with van der Waals surface area (Å²) in [6.07, 6.45) is 3.12. The molecule has 5 rings (SSSR count). The van der Waals surface area contributed by atoms with Crippen molar-refractivity contribution in [1.82, 2.24) is 9.80 Å². The van der Waals surface area contributed by atoms with Gasteiger partial charge in [0.05, 0.1) is 38.2 Å². The Kier molecular flexibility index (Phi) is 5.08. The third-order valence-corrected chi connectivity index (χ3v) is 6.89. The number of ether oxygens (including phenoxy) is 3. The van der Waals surface area contributed by atoms with Crippen molar-refractivity contribution in [2.45, 2.75) is 18.6 Å². The fourth-order valence-electron chi connectivity index (χ4n) is 5.30. The number of carbonyl (C=O) groups is 3. The van der Waals surface area contributed by atoms with Crippen LogP contribution in [-0.2, 0) is 19.1 Å². The molecule has 170 valence electrons. The Morgan fingerprint density at radius 3 is 2.47 bits per heavy atom. The van der Waals surface area contributed by atoms with E-state index in [9.17, 15) is 14.4 Å². The van der Waals surface area contributed by atoms with Gasteiger partial charge in [0.1, 0.15) is 11.4 Å². The van der Waals surface area contributed by atoms with Crippen LogP contribution in [0.25, 0.3) is 0 Å². The van der Waals surface area contributed by atoms with E-state index in [-0.39, 0.29) is 17.9 Å². The Balaban J connectivity index is 1.32. The quantitative estimate of drug-likeness (QED) is 0.654. The van der Waals surface area contributed by atoms with Crippen LogP contribution < -0.4 is 9.64 Å². The Hall–Kier alpha value is -3.07. The Bertz CT molecular complexity index is 955. The van der Waals surface area contributed by atoms with E-state index in [1.807, 2.05) is 36.4 Å². The number of carbonyl (C=O) groups excluding carboxylic acids is 3. The minimum absolute atomic E-state index is 0.0836. The molecule has 0 unspecified atom stereocenters. The zero-order valence-corrected chi connectivity index (χ0v) is 18.2. The van der Waals surface area contributed by atoms with Crippen LogP contribution >= 0.6 is 0 Å². The van der Waals surface area contributed by atoms with Crippen LogP contribution in [-0.4, -0.2) is 85.9 Å². The van der Waals surface area contributed by atoms with Crippen LogP contribution in [0.1, 0.15) is 6.92 Å². The Morgan fingerprint density at radius 2 is 1.81 bits per heavy atom. The fraction of sp³-hybridized carbons (Fsp3) is 0.522. The first-order valence-corrected chi connectivity index (χ1v) is 11.0. The van der Waals surface area contributed by atoms with E-state index >= 15 is 0 Å². The van der Waals surface area contributed by atoms with Gasteiger partial charge in [-0.2, -0.15) is 0 Å². The molecule has 32 heavy (non-hydrogen) atoms. The first-order valence-electron chi connectivity index (χ1n) is 11.0. The molecule has 0 aromatic heterocycles. The van der Waals surface area contributed by atoms with Crippen LogP contribution in [0.4, 0.5) is 10.5 Å². The summed E-state index contributed by atoms with van der Waals surface area (Å²) < 4.78 is 16.5. The lowest BCUT2D eigenvalue weighted by Crippen LogP contribution is -2.54. The van der Waals surface area contributed by atoms with Gasteiger partial charge in [0.25, 0.3) is 0 Å². The lowest BCUT2D eigenvalue weighted by atomic mass is 9.76. The SMILES string of the molecule is CCOC(=O)N1CCN(C(=O)[C@@H]2[C@@H]3C=C[C@@]4(CN(c5ccc(OC)cc5)C(=O)[C@H]24)O3)CC1. The number of amides is 3. The molecule has 3 amide bonds. The summed E-state index contributed by atoms with van der Waals surface area (Å²) in [5.74, 6) is -0.559. The summed E-state index contributed by atoms with van der Waals surface area (Å²) >= 11 is 0. The second-order valence-corrected chi connectivity index (χ2v) is 8.53. The lowest BCUT2D eigenvalue weighted by Gasteiger charge is -2.36. The average molecular weight is 441 g/mol. The normalized spacial score (nSPS) is 30.6. The molecule has 2 bridgehead atoms. The highest BCUT2D eigenvalue weighted by atomic mass is 16.6. The number of anilines is 1. The smallest absolute Gasteiger partial charge is 0.409 e. The second kappa shape index (κ2) is 7.81. The molecule has 0 radical (unpaired) electrons. The van der Waals surface area contributed by atoms with Crippen molar-refractivity contribution in [1.29, 1.82) is 0 Å². The van der Waals surface area contributed by atoms with Crippen LogP contribution in [0, 0.1) is 11.8 Å². The Morgan fingerprint density at radius 1 is 1.12 bits per heavy atom. The molecule has 4 aliphatic rings. The first-order chi connectivity index (χ1) is 15.5. The predicted octanol–water partition coefficient (Wildman–Crippen LogP) is 1.28. The topological polar surface area (TPSA) is 88.6 Å². The molecule has 3 fully saturated rings. The minimum atomic E-state index is -0.769. The standard InChI is InChI=1S/C23H27N3O6/c1-3-31-22(29)25-12-10-24(11-13-25)20(27)18-17-8-9-23(32-17)14-26(21(28)19(18)23)15-4-6-16(30-2)7-5-15/h4-9,17-19H,3,10-14H2,1-2H3/t17-,18+,19-,23-/m0/s1. The van der Waals surface area contributed by atoms with Crippen molar-refractivity contribution in [3.05, 3.63) is 36.4 Å². The number of rotatable bonds is 4. The van der Waals surface area contributed by atoms with Gasteiger partial charge in [-0.05, 0) is 31.2 Å². The van der Waals surface area contributed by atoms with E-state index in [1.165, 1.54) is 0 Å². The summed E-state index contributed by atoms with van der Waals surface area (Å²) in [5.41, 5.74) is -0.0105. The predicted molar refractivity (Wildman–Crippen MR) is 114 cm³/mol. The molecule has 0 aliphatic carbocycles. The number of piperazine rings is 1. The van der Waals surface area contributed by atoms with Gasteiger partial charge in [-0.3, -0.25) is 9.59 Å². The van der Waals surface area contributed by atoms with Gasteiger partial charge in [-0.25, -0.2) is 4.79 Å².